The molecule has 112 valence electrons. The summed E-state index contributed by atoms with van der Waals surface area (Å²) in [5.41, 5.74) is 2.65. The quantitative estimate of drug-likeness (QED) is 0.868. The average molecular weight is 290 g/mol. The maximum Gasteiger partial charge on any atom is 0.317 e. The first-order valence-electron chi connectivity index (χ1n) is 6.61. The first-order valence-corrected chi connectivity index (χ1v) is 6.61. The molecular weight excluding hydrogens is 272 g/mol. The lowest BCUT2D eigenvalue weighted by molar-refractivity contribution is -0.137. The van der Waals surface area contributed by atoms with Gasteiger partial charge >= 0.3 is 12.0 Å². The lowest BCUT2D eigenvalue weighted by Crippen LogP contribution is -2.38. The zero-order chi connectivity index (χ0) is 15.4. The molecule has 7 nitrogen and oxygen atoms in total. The Kier molecular flexibility index (Phi) is 4.42. The Morgan fingerprint density at radius 2 is 2.19 bits per heavy atom. The Hall–Kier alpha value is -2.57. The molecule has 2 amide bonds. The average Bonchev–Trinajstić information content (AvgIpc) is 2.86. The van der Waals surface area contributed by atoms with Crippen molar-refractivity contribution in [2.75, 3.05) is 13.6 Å². The number of aliphatic carboxylic acids is 1. The topological polar surface area (TPSA) is 86.9 Å². The Morgan fingerprint density at radius 1 is 1.43 bits per heavy atom. The number of carbonyl (C=O) groups is 2. The third-order valence-corrected chi connectivity index (χ3v) is 3.17. The molecule has 0 aromatic carbocycles. The molecule has 0 radical (unpaired) electrons. The van der Waals surface area contributed by atoms with Crippen LogP contribution in [0.3, 0.4) is 0 Å². The van der Waals surface area contributed by atoms with Crippen LogP contribution < -0.4 is 5.32 Å². The van der Waals surface area contributed by atoms with E-state index in [1.54, 1.807) is 7.05 Å². The van der Waals surface area contributed by atoms with Gasteiger partial charge in [0.15, 0.2) is 0 Å². The number of carboxylic acid groups (broad SMARTS) is 1. The van der Waals surface area contributed by atoms with Gasteiger partial charge in [-0.3, -0.25) is 4.79 Å². The number of carboxylic acids is 1. The predicted octanol–water partition coefficient (Wildman–Crippen LogP) is 1.26. The summed E-state index contributed by atoms with van der Waals surface area (Å²) in [6.07, 6.45) is 1.81. The fourth-order valence-corrected chi connectivity index (χ4v) is 1.95. The Morgan fingerprint density at radius 3 is 2.86 bits per heavy atom. The number of imidazole rings is 1. The maximum absolute atomic E-state index is 11.8. The summed E-state index contributed by atoms with van der Waals surface area (Å²) in [6, 6.07) is 5.50. The van der Waals surface area contributed by atoms with Gasteiger partial charge in [0.2, 0.25) is 0 Å². The van der Waals surface area contributed by atoms with Crippen LogP contribution in [0.1, 0.15) is 17.8 Å². The minimum atomic E-state index is -0.925. The maximum atomic E-state index is 11.8. The van der Waals surface area contributed by atoms with Crippen LogP contribution in [0.2, 0.25) is 0 Å². The van der Waals surface area contributed by atoms with Crippen molar-refractivity contribution >= 4 is 17.6 Å². The molecule has 21 heavy (non-hydrogen) atoms. The van der Waals surface area contributed by atoms with Crippen molar-refractivity contribution in [2.45, 2.75) is 19.9 Å². The highest BCUT2D eigenvalue weighted by Gasteiger charge is 2.10. The highest BCUT2D eigenvalue weighted by Crippen LogP contribution is 2.08. The van der Waals surface area contributed by atoms with Crippen molar-refractivity contribution in [2.24, 2.45) is 0 Å². The van der Waals surface area contributed by atoms with E-state index in [4.69, 9.17) is 5.11 Å². The number of fused-ring (bicyclic) bond motifs is 1. The van der Waals surface area contributed by atoms with E-state index in [0.29, 0.717) is 6.54 Å². The highest BCUT2D eigenvalue weighted by atomic mass is 16.4. The number of carbonyl (C=O) groups excluding carboxylic acids is 1. The van der Waals surface area contributed by atoms with Gasteiger partial charge in [-0.25, -0.2) is 9.78 Å². The number of nitrogens with one attached hydrogen (secondary N) is 1. The molecule has 0 spiro atoms. The van der Waals surface area contributed by atoms with Crippen molar-refractivity contribution in [1.82, 2.24) is 19.6 Å². The molecule has 2 N–H and O–H groups in total. The lowest BCUT2D eigenvalue weighted by atomic mass is 10.4. The predicted molar refractivity (Wildman–Crippen MR) is 77.0 cm³/mol. The highest BCUT2D eigenvalue weighted by molar-refractivity contribution is 5.74. The summed E-state index contributed by atoms with van der Waals surface area (Å²) >= 11 is 0. The molecular formula is C14H18N4O3. The van der Waals surface area contributed by atoms with Crippen LogP contribution in [0.5, 0.6) is 0 Å². The molecule has 2 aromatic rings. The number of nitrogens with zero attached hydrogens (tertiary/aromatic N) is 3. The van der Waals surface area contributed by atoms with Crippen molar-refractivity contribution in [3.63, 3.8) is 0 Å². The number of aromatic nitrogens is 2. The van der Waals surface area contributed by atoms with Gasteiger partial charge in [-0.2, -0.15) is 0 Å². The summed E-state index contributed by atoms with van der Waals surface area (Å²) < 4.78 is 1.95. The van der Waals surface area contributed by atoms with E-state index in [2.05, 4.69) is 10.3 Å². The normalized spacial score (nSPS) is 10.6. The van der Waals surface area contributed by atoms with Crippen molar-refractivity contribution in [1.29, 1.82) is 0 Å². The molecule has 2 heterocycles. The second-order valence-corrected chi connectivity index (χ2v) is 4.85. The molecule has 0 aliphatic rings. The summed E-state index contributed by atoms with van der Waals surface area (Å²) in [7, 11) is 1.56. The monoisotopic (exact) mass is 290 g/mol. The van der Waals surface area contributed by atoms with Gasteiger partial charge in [0.25, 0.3) is 0 Å². The molecule has 0 aliphatic carbocycles. The smallest absolute Gasteiger partial charge is 0.317 e. The van der Waals surface area contributed by atoms with E-state index >= 15 is 0 Å². The van der Waals surface area contributed by atoms with Crippen molar-refractivity contribution < 1.29 is 14.7 Å². The minimum Gasteiger partial charge on any atom is -0.481 e. The first-order chi connectivity index (χ1) is 9.97. The second-order valence-electron chi connectivity index (χ2n) is 4.85. The Bertz CT molecular complexity index is 665. The molecule has 0 atom stereocenters. The van der Waals surface area contributed by atoms with E-state index in [1.165, 1.54) is 4.90 Å². The molecule has 2 aromatic heterocycles. The van der Waals surface area contributed by atoms with Gasteiger partial charge in [-0.15, -0.1) is 0 Å². The zero-order valence-corrected chi connectivity index (χ0v) is 12.0. The van der Waals surface area contributed by atoms with Gasteiger partial charge in [0.1, 0.15) is 5.65 Å². The van der Waals surface area contributed by atoms with Gasteiger partial charge in [0, 0.05) is 25.5 Å². The fraction of sp³-hybridized carbons (Fsp3) is 0.357. The molecule has 0 unspecified atom stereocenters. The molecule has 0 bridgehead atoms. The first kappa shape index (κ1) is 14.8. The second kappa shape index (κ2) is 6.25. The Balaban J connectivity index is 1.93. The Labute approximate surface area is 122 Å². The molecule has 0 saturated carbocycles. The van der Waals surface area contributed by atoms with E-state index in [1.807, 2.05) is 35.7 Å². The van der Waals surface area contributed by atoms with Crippen LogP contribution >= 0.6 is 0 Å². The molecule has 0 saturated heterocycles. The molecule has 0 fully saturated rings. The SMILES string of the molecule is Cc1cccc2nc(CNC(=O)N(C)CCC(=O)O)cn12. The fourth-order valence-electron chi connectivity index (χ4n) is 1.95. The number of amides is 2. The number of rotatable bonds is 5. The van der Waals surface area contributed by atoms with E-state index in [-0.39, 0.29) is 19.0 Å². The van der Waals surface area contributed by atoms with Gasteiger partial charge in [0.05, 0.1) is 18.7 Å². The summed E-state index contributed by atoms with van der Waals surface area (Å²) in [4.78, 5) is 28.0. The van der Waals surface area contributed by atoms with Gasteiger partial charge in [-0.1, -0.05) is 6.07 Å². The van der Waals surface area contributed by atoms with Crippen LogP contribution in [-0.2, 0) is 11.3 Å². The standard InChI is InChI=1S/C14H18N4O3/c1-10-4-3-5-12-16-11(9-18(10)12)8-15-14(21)17(2)7-6-13(19)20/h3-5,9H,6-8H2,1-2H3,(H,15,21)(H,19,20). The third kappa shape index (κ3) is 3.71. The lowest BCUT2D eigenvalue weighted by Gasteiger charge is -2.16. The molecule has 7 heteroatoms. The largest absolute Gasteiger partial charge is 0.481 e. The number of pyridine rings is 1. The number of hydrogen-bond acceptors (Lipinski definition) is 3. The van der Waals surface area contributed by atoms with Crippen LogP contribution in [0, 0.1) is 6.92 Å². The van der Waals surface area contributed by atoms with Crippen molar-refractivity contribution in [3.05, 3.63) is 35.8 Å². The van der Waals surface area contributed by atoms with Crippen LogP contribution in [0.15, 0.2) is 24.4 Å². The van der Waals surface area contributed by atoms with E-state index in [0.717, 1.165) is 17.0 Å². The number of urea groups is 1. The minimum absolute atomic E-state index is 0.0719. The third-order valence-electron chi connectivity index (χ3n) is 3.17. The summed E-state index contributed by atoms with van der Waals surface area (Å²) in [5, 5.41) is 11.3. The van der Waals surface area contributed by atoms with E-state index in [9.17, 15) is 9.59 Å². The number of aryl methyl sites for hydroxylation is 1. The van der Waals surface area contributed by atoms with Crippen LogP contribution in [-0.4, -0.2) is 45.0 Å². The summed E-state index contributed by atoms with van der Waals surface area (Å²) in [6.45, 7) is 2.46. The number of hydrogen-bond donors (Lipinski definition) is 2. The van der Waals surface area contributed by atoms with E-state index < -0.39 is 5.97 Å². The molecule has 2 rings (SSSR count). The van der Waals surface area contributed by atoms with Crippen LogP contribution in [0.4, 0.5) is 4.79 Å². The zero-order valence-electron chi connectivity index (χ0n) is 12.0. The molecule has 0 aliphatic heterocycles. The van der Waals surface area contributed by atoms with Gasteiger partial charge < -0.3 is 19.7 Å². The van der Waals surface area contributed by atoms with Crippen LogP contribution in [0.25, 0.3) is 5.65 Å². The summed E-state index contributed by atoms with van der Waals surface area (Å²) in [5.74, 6) is -0.925. The van der Waals surface area contributed by atoms with Gasteiger partial charge in [-0.05, 0) is 19.1 Å². The van der Waals surface area contributed by atoms with Crippen molar-refractivity contribution in [3.8, 4) is 0 Å².